The van der Waals surface area contributed by atoms with Gasteiger partial charge in [0.2, 0.25) is 0 Å². The largest absolute Gasteiger partial charge is 0.334 e. The van der Waals surface area contributed by atoms with E-state index in [2.05, 4.69) is 48.7 Å². The highest BCUT2D eigenvalue weighted by molar-refractivity contribution is 14.1. The molecule has 16 heavy (non-hydrogen) atoms. The molecule has 1 rings (SSSR count). The zero-order valence-electron chi connectivity index (χ0n) is 9.88. The Morgan fingerprint density at radius 3 is 2.56 bits per heavy atom. The van der Waals surface area contributed by atoms with E-state index in [-0.39, 0.29) is 11.4 Å². The van der Waals surface area contributed by atoms with Crippen LogP contribution in [0.4, 0.5) is 5.69 Å². The third-order valence-electron chi connectivity index (χ3n) is 2.05. The smallest absolute Gasteiger partial charge is 0.279 e. The second-order valence-corrected chi connectivity index (χ2v) is 5.96. The maximum Gasteiger partial charge on any atom is 0.279 e. The van der Waals surface area contributed by atoms with Crippen LogP contribution in [0.2, 0.25) is 0 Å². The Morgan fingerprint density at radius 1 is 1.38 bits per heavy atom. The molecule has 3 nitrogen and oxygen atoms in total. The van der Waals surface area contributed by atoms with Crippen LogP contribution < -0.4 is 10.6 Å². The van der Waals surface area contributed by atoms with E-state index in [1.54, 1.807) is 0 Å². The first-order chi connectivity index (χ1) is 7.38. The number of nitrogens with one attached hydrogen (secondary N) is 1. The monoisotopic (exact) mass is 333 g/mol. The number of amides is 1. The van der Waals surface area contributed by atoms with E-state index >= 15 is 0 Å². The number of carbonyl (C=O) groups is 1. The molecule has 0 saturated carbocycles. The molecule has 88 valence electrons. The predicted molar refractivity (Wildman–Crippen MR) is 74.3 cm³/mol. The van der Waals surface area contributed by atoms with Crippen LogP contribution in [0.3, 0.4) is 0 Å². The quantitative estimate of drug-likeness (QED) is 0.811. The molecule has 0 aliphatic carbocycles. The number of hydrogen-bond acceptors (Lipinski definition) is 1. The fourth-order valence-electron chi connectivity index (χ4n) is 1.16. The Hall–Kier alpha value is -0.620. The van der Waals surface area contributed by atoms with Gasteiger partial charge in [0.25, 0.3) is 5.91 Å². The maximum atomic E-state index is 11.7. The molecule has 0 aliphatic heterocycles. The van der Waals surface area contributed by atoms with Crippen molar-refractivity contribution in [3.05, 3.63) is 27.8 Å². The molecule has 1 aromatic carbocycles. The van der Waals surface area contributed by atoms with E-state index in [9.17, 15) is 4.79 Å². The minimum atomic E-state index is 0.0408. The zero-order chi connectivity index (χ0) is 12.2. The average Bonchev–Trinajstić information content (AvgIpc) is 2.18. The summed E-state index contributed by atoms with van der Waals surface area (Å²) in [7, 11) is 0. The van der Waals surface area contributed by atoms with Gasteiger partial charge in [0.1, 0.15) is 0 Å². The van der Waals surface area contributed by atoms with E-state index in [1.165, 1.54) is 0 Å². The number of halogens is 1. The second kappa shape index (κ2) is 5.63. The highest BCUT2D eigenvalue weighted by atomic mass is 127. The van der Waals surface area contributed by atoms with Crippen LogP contribution in [0.5, 0.6) is 0 Å². The number of anilines is 1. The van der Waals surface area contributed by atoms with Gasteiger partial charge in [-0.2, -0.15) is 0 Å². The number of hydrogen-bond donors (Lipinski definition) is 2. The van der Waals surface area contributed by atoms with Gasteiger partial charge in [0.15, 0.2) is 6.54 Å². The van der Waals surface area contributed by atoms with Gasteiger partial charge in [-0.3, -0.25) is 4.79 Å². The van der Waals surface area contributed by atoms with Crippen LogP contribution in [0.15, 0.2) is 24.3 Å². The molecule has 0 aliphatic rings. The van der Waals surface area contributed by atoms with Crippen LogP contribution in [0.1, 0.15) is 20.8 Å². The number of nitrogens with two attached hydrogens (primary N) is 1. The normalized spacial score (nSPS) is 11.2. The molecular formula is C12H18IN2O+. The Morgan fingerprint density at radius 2 is 2.00 bits per heavy atom. The van der Waals surface area contributed by atoms with Gasteiger partial charge in [-0.05, 0) is 55.5 Å². The molecular weight excluding hydrogens is 315 g/mol. The van der Waals surface area contributed by atoms with Gasteiger partial charge in [0.05, 0.1) is 11.2 Å². The lowest BCUT2D eigenvalue weighted by Gasteiger charge is -2.16. The Bertz CT molecular complexity index is 372. The molecule has 0 spiro atoms. The van der Waals surface area contributed by atoms with E-state index in [0.29, 0.717) is 6.54 Å². The van der Waals surface area contributed by atoms with Gasteiger partial charge in [-0.25, -0.2) is 0 Å². The number of carbonyl (C=O) groups excluding carboxylic acids is 1. The van der Waals surface area contributed by atoms with Crippen molar-refractivity contribution in [2.75, 3.05) is 11.9 Å². The van der Waals surface area contributed by atoms with E-state index in [0.717, 1.165) is 9.26 Å². The molecule has 3 N–H and O–H groups in total. The molecule has 1 amide bonds. The van der Waals surface area contributed by atoms with E-state index < -0.39 is 0 Å². The highest BCUT2D eigenvalue weighted by Gasteiger charge is 2.15. The maximum absolute atomic E-state index is 11.7. The highest BCUT2D eigenvalue weighted by Crippen LogP contribution is 2.16. The number of benzene rings is 1. The lowest BCUT2D eigenvalue weighted by Crippen LogP contribution is -2.95. The van der Waals surface area contributed by atoms with Crippen molar-refractivity contribution in [1.82, 2.24) is 0 Å². The van der Waals surface area contributed by atoms with Gasteiger partial charge >= 0.3 is 0 Å². The van der Waals surface area contributed by atoms with Crippen LogP contribution in [-0.2, 0) is 4.79 Å². The predicted octanol–water partition coefficient (Wildman–Crippen LogP) is 1.59. The standard InChI is InChI=1S/C12H17IN2O/c1-12(2,3)14-8-11(16)15-10-7-5-4-6-9(10)13/h4-7,14H,8H2,1-3H3,(H,15,16)/p+1. The van der Waals surface area contributed by atoms with Crippen LogP contribution in [0, 0.1) is 3.57 Å². The SMILES string of the molecule is CC(C)(C)[NH2+]CC(=O)Nc1ccccc1I. The summed E-state index contributed by atoms with van der Waals surface area (Å²) in [6, 6.07) is 7.77. The van der Waals surface area contributed by atoms with Crippen molar-refractivity contribution in [3.8, 4) is 0 Å². The number of quaternary nitrogens is 1. The second-order valence-electron chi connectivity index (χ2n) is 4.80. The minimum absolute atomic E-state index is 0.0408. The summed E-state index contributed by atoms with van der Waals surface area (Å²) in [6.45, 7) is 6.72. The van der Waals surface area contributed by atoms with Crippen molar-refractivity contribution in [2.24, 2.45) is 0 Å². The minimum Gasteiger partial charge on any atom is -0.334 e. The molecule has 1 aromatic rings. The van der Waals surface area contributed by atoms with Crippen molar-refractivity contribution in [2.45, 2.75) is 26.3 Å². The Kier molecular flexibility index (Phi) is 4.73. The fraction of sp³-hybridized carbons (Fsp3) is 0.417. The molecule has 0 saturated heterocycles. The topological polar surface area (TPSA) is 45.7 Å². The number of rotatable bonds is 3. The van der Waals surface area contributed by atoms with Crippen LogP contribution in [0.25, 0.3) is 0 Å². The average molecular weight is 333 g/mol. The summed E-state index contributed by atoms with van der Waals surface area (Å²) < 4.78 is 1.06. The molecule has 0 heterocycles. The lowest BCUT2D eigenvalue weighted by molar-refractivity contribution is -0.707. The lowest BCUT2D eigenvalue weighted by atomic mass is 10.1. The molecule has 0 radical (unpaired) electrons. The molecule has 4 heteroatoms. The summed E-state index contributed by atoms with van der Waals surface area (Å²) >= 11 is 2.21. The third kappa shape index (κ3) is 4.94. The Balaban J connectivity index is 2.50. The van der Waals surface area contributed by atoms with E-state index in [4.69, 9.17) is 0 Å². The zero-order valence-corrected chi connectivity index (χ0v) is 12.0. The third-order valence-corrected chi connectivity index (χ3v) is 2.99. The summed E-state index contributed by atoms with van der Waals surface area (Å²) in [5.74, 6) is 0.0408. The summed E-state index contributed by atoms with van der Waals surface area (Å²) in [4.78, 5) is 11.7. The molecule has 0 bridgehead atoms. The van der Waals surface area contributed by atoms with Gasteiger partial charge in [-0.1, -0.05) is 12.1 Å². The molecule has 0 atom stereocenters. The molecule has 0 aromatic heterocycles. The fourth-order valence-corrected chi connectivity index (χ4v) is 1.68. The van der Waals surface area contributed by atoms with Crippen molar-refractivity contribution >= 4 is 34.2 Å². The van der Waals surface area contributed by atoms with Crippen molar-refractivity contribution < 1.29 is 10.1 Å². The van der Waals surface area contributed by atoms with Gasteiger partial charge in [-0.15, -0.1) is 0 Å². The number of para-hydroxylation sites is 1. The summed E-state index contributed by atoms with van der Waals surface area (Å²) in [5.41, 5.74) is 0.969. The summed E-state index contributed by atoms with van der Waals surface area (Å²) in [5, 5.41) is 4.93. The first kappa shape index (κ1) is 13.4. The van der Waals surface area contributed by atoms with Crippen molar-refractivity contribution in [3.63, 3.8) is 0 Å². The van der Waals surface area contributed by atoms with Crippen molar-refractivity contribution in [1.29, 1.82) is 0 Å². The van der Waals surface area contributed by atoms with Crippen LogP contribution >= 0.6 is 22.6 Å². The van der Waals surface area contributed by atoms with Gasteiger partial charge < -0.3 is 10.6 Å². The van der Waals surface area contributed by atoms with E-state index in [1.807, 2.05) is 29.6 Å². The summed E-state index contributed by atoms with van der Waals surface area (Å²) in [6.07, 6.45) is 0. The van der Waals surface area contributed by atoms with Gasteiger partial charge in [0, 0.05) is 3.57 Å². The van der Waals surface area contributed by atoms with Crippen LogP contribution in [-0.4, -0.2) is 18.0 Å². The Labute approximate surface area is 110 Å². The first-order valence-corrected chi connectivity index (χ1v) is 6.35. The molecule has 0 fully saturated rings. The first-order valence-electron chi connectivity index (χ1n) is 5.27. The molecule has 0 unspecified atom stereocenters.